The maximum Gasteiger partial charge on any atom is 0.331 e. The summed E-state index contributed by atoms with van der Waals surface area (Å²) in [5.74, 6) is -0.349. The van der Waals surface area contributed by atoms with E-state index in [1.54, 1.807) is 12.2 Å². The molecule has 100 valence electrons. The molecule has 0 aliphatic heterocycles. The van der Waals surface area contributed by atoms with Crippen molar-refractivity contribution in [1.82, 2.24) is 0 Å². The maximum atomic E-state index is 11.6. The molecule has 0 aliphatic carbocycles. The molecule has 2 heteroatoms. The summed E-state index contributed by atoms with van der Waals surface area (Å²) in [6, 6.07) is 17.4. The molecule has 2 aromatic carbocycles. The van der Waals surface area contributed by atoms with E-state index in [2.05, 4.69) is 6.58 Å². The van der Waals surface area contributed by atoms with E-state index in [0.29, 0.717) is 0 Å². The summed E-state index contributed by atoms with van der Waals surface area (Å²) in [6.45, 7) is 3.97. The third-order valence-electron chi connectivity index (χ3n) is 2.78. The molecule has 0 atom stereocenters. The summed E-state index contributed by atoms with van der Waals surface area (Å²) >= 11 is 0. The minimum Gasteiger partial charge on any atom is -0.458 e. The van der Waals surface area contributed by atoms with Crippen molar-refractivity contribution in [3.63, 3.8) is 0 Å². The van der Waals surface area contributed by atoms with Crippen LogP contribution in [-0.2, 0) is 16.1 Å². The normalized spacial score (nSPS) is 10.4. The van der Waals surface area contributed by atoms with E-state index in [-0.39, 0.29) is 12.6 Å². The number of ether oxygens (including phenoxy) is 1. The Morgan fingerprint density at radius 2 is 1.80 bits per heavy atom. The molecule has 0 amide bonds. The number of carbonyl (C=O) groups is 1. The monoisotopic (exact) mass is 264 g/mol. The zero-order chi connectivity index (χ0) is 14.2. The average molecular weight is 264 g/mol. The van der Waals surface area contributed by atoms with Gasteiger partial charge in [0.05, 0.1) is 0 Å². The predicted octanol–water partition coefficient (Wildman–Crippen LogP) is 4.09. The van der Waals surface area contributed by atoms with Crippen molar-refractivity contribution >= 4 is 18.1 Å². The van der Waals surface area contributed by atoms with Gasteiger partial charge in [0.15, 0.2) is 0 Å². The molecule has 0 saturated carbocycles. The molecule has 2 rings (SSSR count). The van der Waals surface area contributed by atoms with E-state index in [4.69, 9.17) is 4.74 Å². The smallest absolute Gasteiger partial charge is 0.331 e. The van der Waals surface area contributed by atoms with Gasteiger partial charge in [0, 0.05) is 6.08 Å². The number of esters is 1. The zero-order valence-corrected chi connectivity index (χ0v) is 11.2. The van der Waals surface area contributed by atoms with Crippen LogP contribution in [0.5, 0.6) is 0 Å². The fourth-order valence-electron chi connectivity index (χ4n) is 1.74. The van der Waals surface area contributed by atoms with Crippen molar-refractivity contribution in [2.75, 3.05) is 0 Å². The van der Waals surface area contributed by atoms with Gasteiger partial charge in [-0.15, -0.1) is 0 Å². The Morgan fingerprint density at radius 1 is 1.05 bits per heavy atom. The van der Waals surface area contributed by atoms with Crippen molar-refractivity contribution in [2.24, 2.45) is 0 Å². The highest BCUT2D eigenvalue weighted by atomic mass is 16.5. The maximum absolute atomic E-state index is 11.6. The Labute approximate surface area is 119 Å². The lowest BCUT2D eigenvalue weighted by molar-refractivity contribution is -0.138. The average Bonchev–Trinajstić information content (AvgIpc) is 2.52. The minimum atomic E-state index is -0.349. The molecule has 0 unspecified atom stereocenters. The van der Waals surface area contributed by atoms with Crippen LogP contribution in [-0.4, -0.2) is 5.97 Å². The summed E-state index contributed by atoms with van der Waals surface area (Å²) in [5, 5.41) is 0. The molecule has 0 heterocycles. The lowest BCUT2D eigenvalue weighted by Gasteiger charge is -2.03. The molecule has 20 heavy (non-hydrogen) atoms. The second kappa shape index (κ2) is 7.10. The summed E-state index contributed by atoms with van der Waals surface area (Å²) < 4.78 is 5.19. The van der Waals surface area contributed by atoms with E-state index >= 15 is 0 Å². The summed E-state index contributed by atoms with van der Waals surface area (Å²) in [7, 11) is 0. The molecule has 0 aliphatic rings. The van der Waals surface area contributed by atoms with Crippen molar-refractivity contribution < 1.29 is 9.53 Å². The van der Waals surface area contributed by atoms with E-state index in [0.717, 1.165) is 16.7 Å². The van der Waals surface area contributed by atoms with Gasteiger partial charge in [0.1, 0.15) is 6.61 Å². The highest BCUT2D eigenvalue weighted by Crippen LogP contribution is 2.08. The first-order valence-electron chi connectivity index (χ1n) is 6.39. The van der Waals surface area contributed by atoms with Gasteiger partial charge < -0.3 is 4.74 Å². The van der Waals surface area contributed by atoms with Crippen LogP contribution >= 0.6 is 0 Å². The van der Waals surface area contributed by atoms with Gasteiger partial charge >= 0.3 is 5.97 Å². The fourth-order valence-corrected chi connectivity index (χ4v) is 1.74. The Balaban J connectivity index is 1.89. The van der Waals surface area contributed by atoms with Crippen LogP contribution in [0.2, 0.25) is 0 Å². The van der Waals surface area contributed by atoms with Crippen LogP contribution in [0.15, 0.2) is 67.3 Å². The van der Waals surface area contributed by atoms with Gasteiger partial charge in [0.25, 0.3) is 0 Å². The topological polar surface area (TPSA) is 26.3 Å². The van der Waals surface area contributed by atoms with Gasteiger partial charge in [-0.25, -0.2) is 4.79 Å². The molecule has 2 aromatic rings. The second-order valence-electron chi connectivity index (χ2n) is 4.30. The van der Waals surface area contributed by atoms with Gasteiger partial charge in [-0.05, 0) is 28.8 Å². The van der Waals surface area contributed by atoms with Crippen molar-refractivity contribution in [2.45, 2.75) is 6.61 Å². The lowest BCUT2D eigenvalue weighted by Crippen LogP contribution is -2.00. The molecular formula is C18H16O2. The molecule has 0 spiro atoms. The molecule has 0 aromatic heterocycles. The first kappa shape index (κ1) is 13.8. The summed E-state index contributed by atoms with van der Waals surface area (Å²) in [4.78, 5) is 11.6. The van der Waals surface area contributed by atoms with Crippen LogP contribution < -0.4 is 0 Å². The van der Waals surface area contributed by atoms with Crippen molar-refractivity contribution in [3.8, 4) is 0 Å². The van der Waals surface area contributed by atoms with E-state index in [1.165, 1.54) is 6.08 Å². The van der Waals surface area contributed by atoms with Crippen LogP contribution in [0.1, 0.15) is 16.7 Å². The molecule has 0 fully saturated rings. The minimum absolute atomic E-state index is 0.264. The lowest BCUT2D eigenvalue weighted by atomic mass is 10.1. The third-order valence-corrected chi connectivity index (χ3v) is 2.78. The molecule has 0 bridgehead atoms. The first-order chi connectivity index (χ1) is 9.78. The number of hydrogen-bond acceptors (Lipinski definition) is 2. The van der Waals surface area contributed by atoms with Crippen molar-refractivity contribution in [1.29, 1.82) is 0 Å². The number of hydrogen-bond donors (Lipinski definition) is 0. The second-order valence-corrected chi connectivity index (χ2v) is 4.30. The highest BCUT2D eigenvalue weighted by molar-refractivity contribution is 5.87. The Bertz CT molecular complexity index is 612. The first-order valence-corrected chi connectivity index (χ1v) is 6.39. The number of carbonyl (C=O) groups excluding carboxylic acids is 1. The van der Waals surface area contributed by atoms with Crippen LogP contribution in [0, 0.1) is 0 Å². The Morgan fingerprint density at radius 3 is 2.55 bits per heavy atom. The van der Waals surface area contributed by atoms with Gasteiger partial charge in [-0.1, -0.05) is 61.2 Å². The summed E-state index contributed by atoms with van der Waals surface area (Å²) in [6.07, 6.45) is 4.94. The third kappa shape index (κ3) is 4.25. The van der Waals surface area contributed by atoms with Crippen LogP contribution in [0.25, 0.3) is 12.2 Å². The standard InChI is InChI=1S/C18H16O2/c1-2-15-9-6-10-17(13-15)14-20-18(19)12-11-16-7-4-3-5-8-16/h2-13H,1,14H2/b12-11+. The van der Waals surface area contributed by atoms with Crippen molar-refractivity contribution in [3.05, 3.63) is 83.9 Å². The van der Waals surface area contributed by atoms with Gasteiger partial charge in [0.2, 0.25) is 0 Å². The SMILES string of the molecule is C=Cc1cccc(COC(=O)/C=C/c2ccccc2)c1. The molecule has 0 radical (unpaired) electrons. The number of rotatable bonds is 5. The molecular weight excluding hydrogens is 248 g/mol. The Kier molecular flexibility index (Phi) is 4.90. The highest BCUT2D eigenvalue weighted by Gasteiger charge is 1.99. The van der Waals surface area contributed by atoms with Crippen LogP contribution in [0.3, 0.4) is 0 Å². The quantitative estimate of drug-likeness (QED) is 0.600. The molecule has 2 nitrogen and oxygen atoms in total. The van der Waals surface area contributed by atoms with E-state index < -0.39 is 0 Å². The molecule has 0 N–H and O–H groups in total. The van der Waals surface area contributed by atoms with Crippen LogP contribution in [0.4, 0.5) is 0 Å². The largest absolute Gasteiger partial charge is 0.458 e. The fraction of sp³-hybridized carbons (Fsp3) is 0.0556. The zero-order valence-electron chi connectivity index (χ0n) is 11.2. The molecule has 0 saturated heterocycles. The van der Waals surface area contributed by atoms with E-state index in [1.807, 2.05) is 54.6 Å². The Hall–Kier alpha value is -2.61. The van der Waals surface area contributed by atoms with Gasteiger partial charge in [-0.3, -0.25) is 0 Å². The number of benzene rings is 2. The van der Waals surface area contributed by atoms with E-state index in [9.17, 15) is 4.79 Å². The summed E-state index contributed by atoms with van der Waals surface area (Å²) in [5.41, 5.74) is 2.93. The predicted molar refractivity (Wildman–Crippen MR) is 81.8 cm³/mol. The van der Waals surface area contributed by atoms with Gasteiger partial charge in [-0.2, -0.15) is 0 Å².